The second-order valence-corrected chi connectivity index (χ2v) is 9.94. The zero-order valence-electron chi connectivity index (χ0n) is 18.6. The fraction of sp³-hybridized carbons (Fsp3) is 0.520. The van der Waals surface area contributed by atoms with Gasteiger partial charge in [-0.15, -0.1) is 0 Å². The second kappa shape index (κ2) is 7.83. The highest BCUT2D eigenvalue weighted by molar-refractivity contribution is 5.70. The van der Waals surface area contributed by atoms with E-state index in [4.69, 9.17) is 9.47 Å². The van der Waals surface area contributed by atoms with Crippen molar-refractivity contribution in [3.8, 4) is 16.9 Å². The predicted octanol–water partition coefficient (Wildman–Crippen LogP) is 4.34. The number of ether oxygens (including phenoxy) is 2. The van der Waals surface area contributed by atoms with E-state index in [-0.39, 0.29) is 23.7 Å². The molecule has 3 saturated heterocycles. The number of rotatable bonds is 3. The van der Waals surface area contributed by atoms with Gasteiger partial charge in [0.25, 0.3) is 0 Å². The van der Waals surface area contributed by atoms with Crippen LogP contribution < -0.4 is 10.1 Å². The average molecular weight is 422 g/mol. The van der Waals surface area contributed by atoms with Gasteiger partial charge in [-0.1, -0.05) is 26.0 Å². The molecule has 1 N–H and O–H groups in total. The lowest BCUT2D eigenvalue weighted by Crippen LogP contribution is -2.53. The van der Waals surface area contributed by atoms with Crippen LogP contribution in [0.2, 0.25) is 0 Å². The molecule has 1 aromatic carbocycles. The SMILES string of the molecule is Cc1cncc(-c2ccc3c(c2)OCC(C)(C)C3NC(=O)O[C@@H]2CN3CCC2CC3)c1. The third-order valence-electron chi connectivity index (χ3n) is 7.03. The molecule has 1 amide bonds. The molecule has 1 unspecified atom stereocenters. The zero-order valence-corrected chi connectivity index (χ0v) is 18.6. The normalized spacial score (nSPS) is 28.4. The Morgan fingerprint density at radius 3 is 2.71 bits per heavy atom. The first kappa shape index (κ1) is 20.3. The molecule has 6 nitrogen and oxygen atoms in total. The van der Waals surface area contributed by atoms with Gasteiger partial charge in [0.2, 0.25) is 0 Å². The van der Waals surface area contributed by atoms with E-state index in [0.29, 0.717) is 12.5 Å². The maximum atomic E-state index is 12.9. The summed E-state index contributed by atoms with van der Waals surface area (Å²) in [5.41, 5.74) is 3.98. The number of carbonyl (C=O) groups excluding carboxylic acids is 1. The summed E-state index contributed by atoms with van der Waals surface area (Å²) in [5, 5.41) is 3.17. The highest BCUT2D eigenvalue weighted by Crippen LogP contribution is 2.44. The van der Waals surface area contributed by atoms with Gasteiger partial charge in [-0.05, 0) is 62.0 Å². The van der Waals surface area contributed by atoms with E-state index in [1.165, 1.54) is 0 Å². The summed E-state index contributed by atoms with van der Waals surface area (Å²) >= 11 is 0. The van der Waals surface area contributed by atoms with E-state index in [1.807, 2.05) is 19.3 Å². The van der Waals surface area contributed by atoms with E-state index in [9.17, 15) is 4.79 Å². The minimum Gasteiger partial charge on any atom is -0.493 e. The summed E-state index contributed by atoms with van der Waals surface area (Å²) in [6.45, 7) is 9.92. The number of hydrogen-bond acceptors (Lipinski definition) is 5. The molecule has 1 aromatic heterocycles. The summed E-state index contributed by atoms with van der Waals surface area (Å²) in [6, 6.07) is 8.13. The largest absolute Gasteiger partial charge is 0.493 e. The van der Waals surface area contributed by atoms with Crippen molar-refractivity contribution in [2.75, 3.05) is 26.2 Å². The summed E-state index contributed by atoms with van der Waals surface area (Å²) in [6.07, 6.45) is 5.64. The fourth-order valence-electron chi connectivity index (χ4n) is 5.17. The summed E-state index contributed by atoms with van der Waals surface area (Å²) in [4.78, 5) is 19.6. The third-order valence-corrected chi connectivity index (χ3v) is 7.03. The van der Waals surface area contributed by atoms with Crippen LogP contribution in [0, 0.1) is 18.3 Å². The topological polar surface area (TPSA) is 63.7 Å². The lowest BCUT2D eigenvalue weighted by atomic mass is 9.78. The van der Waals surface area contributed by atoms with Gasteiger partial charge in [0.15, 0.2) is 0 Å². The van der Waals surface area contributed by atoms with Crippen molar-refractivity contribution in [3.63, 3.8) is 0 Å². The number of aromatic nitrogens is 1. The van der Waals surface area contributed by atoms with E-state index < -0.39 is 0 Å². The highest BCUT2D eigenvalue weighted by atomic mass is 16.6. The van der Waals surface area contributed by atoms with Gasteiger partial charge in [-0.25, -0.2) is 4.79 Å². The zero-order chi connectivity index (χ0) is 21.6. The van der Waals surface area contributed by atoms with Crippen molar-refractivity contribution in [1.29, 1.82) is 0 Å². The lowest BCUT2D eigenvalue weighted by molar-refractivity contribution is -0.0361. The highest BCUT2D eigenvalue weighted by Gasteiger charge is 2.41. The fourth-order valence-corrected chi connectivity index (χ4v) is 5.17. The number of hydrogen-bond donors (Lipinski definition) is 1. The Labute approximate surface area is 183 Å². The number of alkyl carbamates (subject to hydrolysis) is 1. The summed E-state index contributed by atoms with van der Waals surface area (Å²) in [7, 11) is 0. The number of benzene rings is 1. The van der Waals surface area contributed by atoms with E-state index in [1.54, 1.807) is 0 Å². The number of fused-ring (bicyclic) bond motifs is 4. The Hall–Kier alpha value is -2.60. The van der Waals surface area contributed by atoms with Gasteiger partial charge < -0.3 is 14.8 Å². The van der Waals surface area contributed by atoms with E-state index >= 15 is 0 Å². The predicted molar refractivity (Wildman–Crippen MR) is 119 cm³/mol. The van der Waals surface area contributed by atoms with Gasteiger partial charge in [-0.3, -0.25) is 9.88 Å². The molecule has 2 bridgehead atoms. The first-order chi connectivity index (χ1) is 14.9. The van der Waals surface area contributed by atoms with Gasteiger partial charge in [0.05, 0.1) is 12.6 Å². The third kappa shape index (κ3) is 4.01. The smallest absolute Gasteiger partial charge is 0.407 e. The van der Waals surface area contributed by atoms with Gasteiger partial charge >= 0.3 is 6.09 Å². The number of piperidine rings is 3. The maximum Gasteiger partial charge on any atom is 0.407 e. The van der Waals surface area contributed by atoms with Crippen molar-refractivity contribution >= 4 is 6.09 Å². The first-order valence-electron chi connectivity index (χ1n) is 11.3. The van der Waals surface area contributed by atoms with Gasteiger partial charge in [-0.2, -0.15) is 0 Å². The minimum atomic E-state index is -0.323. The van der Waals surface area contributed by atoms with Crippen molar-refractivity contribution in [1.82, 2.24) is 15.2 Å². The molecular formula is C25H31N3O3. The lowest BCUT2D eigenvalue weighted by Gasteiger charge is -2.44. The Kier molecular flexibility index (Phi) is 5.13. The summed E-state index contributed by atoms with van der Waals surface area (Å²) in [5.74, 6) is 1.31. The van der Waals surface area contributed by atoms with Crippen molar-refractivity contribution < 1.29 is 14.3 Å². The average Bonchev–Trinajstić information content (AvgIpc) is 2.76. The number of nitrogens with zero attached hydrogens (tertiary/aromatic N) is 2. The van der Waals surface area contributed by atoms with Crippen LogP contribution >= 0.6 is 0 Å². The molecule has 164 valence electrons. The van der Waals surface area contributed by atoms with E-state index in [0.717, 1.165) is 60.5 Å². The molecule has 6 rings (SSSR count). The second-order valence-electron chi connectivity index (χ2n) is 9.94. The van der Waals surface area contributed by atoms with E-state index in [2.05, 4.69) is 53.3 Å². The molecule has 0 aliphatic carbocycles. The first-order valence-corrected chi connectivity index (χ1v) is 11.3. The molecule has 3 fully saturated rings. The quantitative estimate of drug-likeness (QED) is 0.799. The van der Waals surface area contributed by atoms with Crippen molar-refractivity contribution in [3.05, 3.63) is 47.8 Å². The van der Waals surface area contributed by atoms with Gasteiger partial charge in [0, 0.05) is 35.5 Å². The molecule has 4 aliphatic rings. The monoisotopic (exact) mass is 421 g/mol. The van der Waals surface area contributed by atoms with Crippen LogP contribution in [0.5, 0.6) is 5.75 Å². The molecule has 2 aromatic rings. The number of amides is 1. The molecule has 2 atom stereocenters. The van der Waals surface area contributed by atoms with Crippen LogP contribution in [0.15, 0.2) is 36.7 Å². The Bertz CT molecular complexity index is 982. The van der Waals surface area contributed by atoms with Crippen molar-refractivity contribution in [2.24, 2.45) is 11.3 Å². The van der Waals surface area contributed by atoms with Crippen LogP contribution in [-0.2, 0) is 4.74 Å². The Morgan fingerprint density at radius 2 is 2.00 bits per heavy atom. The molecule has 6 heteroatoms. The summed E-state index contributed by atoms with van der Waals surface area (Å²) < 4.78 is 12.0. The van der Waals surface area contributed by atoms with Crippen LogP contribution in [0.25, 0.3) is 11.1 Å². The molecule has 0 spiro atoms. The molecule has 0 saturated carbocycles. The van der Waals surface area contributed by atoms with Crippen LogP contribution in [0.4, 0.5) is 4.79 Å². The molecule has 31 heavy (non-hydrogen) atoms. The standard InChI is InChI=1S/C25H31N3O3/c1-16-10-19(13-26-12-16)18-4-5-20-21(11-18)30-15-25(2,3)23(20)27-24(29)31-22-14-28-8-6-17(22)7-9-28/h4-5,10-13,17,22-23H,6-9,14-15H2,1-3H3,(H,27,29)/t22-,23?/m1/s1. The number of nitrogens with one attached hydrogen (secondary N) is 1. The number of aryl methyl sites for hydroxylation is 1. The van der Waals surface area contributed by atoms with Crippen molar-refractivity contribution in [2.45, 2.75) is 45.8 Å². The maximum absolute atomic E-state index is 12.9. The molecule has 4 aliphatic heterocycles. The minimum absolute atomic E-state index is 0.00104. The molecule has 5 heterocycles. The van der Waals surface area contributed by atoms with Crippen LogP contribution in [0.1, 0.15) is 43.9 Å². The van der Waals surface area contributed by atoms with Crippen LogP contribution in [-0.4, -0.2) is 48.3 Å². The molecule has 0 radical (unpaired) electrons. The molecular weight excluding hydrogens is 390 g/mol. The number of carbonyl (C=O) groups is 1. The Morgan fingerprint density at radius 1 is 1.19 bits per heavy atom. The Balaban J connectivity index is 1.35. The van der Waals surface area contributed by atoms with Crippen LogP contribution in [0.3, 0.4) is 0 Å². The van der Waals surface area contributed by atoms with Gasteiger partial charge in [0.1, 0.15) is 11.9 Å². The number of pyridine rings is 1.